The van der Waals surface area contributed by atoms with Gasteiger partial charge in [0.2, 0.25) is 11.2 Å². The minimum absolute atomic E-state index is 0.120. The number of hydrogen-bond acceptors (Lipinski definition) is 13. The Labute approximate surface area is 189 Å². The summed E-state index contributed by atoms with van der Waals surface area (Å²) in [6.07, 6.45) is -8.93. The first-order valence-corrected chi connectivity index (χ1v) is 9.56. The fraction of sp³-hybridized carbons (Fsp3) is 0.238. The maximum atomic E-state index is 13.1. The Morgan fingerprint density at radius 1 is 0.912 bits per heavy atom. The third-order valence-electron chi connectivity index (χ3n) is 4.85. The zero-order valence-electron chi connectivity index (χ0n) is 17.1. The summed E-state index contributed by atoms with van der Waals surface area (Å²) in [4.78, 5) is 25.5. The lowest BCUT2D eigenvalue weighted by molar-refractivity contribution is -0.161. The van der Waals surface area contributed by atoms with Gasteiger partial charge < -0.3 is 55.1 Å². The van der Waals surface area contributed by atoms with Crippen molar-refractivity contribution >= 4 is 16.9 Å². The summed E-state index contributed by atoms with van der Waals surface area (Å²) < 4.78 is 10.4. The molecule has 0 unspecified atom stereocenters. The number of aliphatic hydroxyl groups is 5. The van der Waals surface area contributed by atoms with E-state index in [1.165, 1.54) is 0 Å². The van der Waals surface area contributed by atoms with Crippen LogP contribution in [0.1, 0.15) is 0 Å². The predicted octanol–water partition coefficient (Wildman–Crippen LogP) is -1.38. The smallest absolute Gasteiger partial charge is 0.343 e. The summed E-state index contributed by atoms with van der Waals surface area (Å²) in [5.74, 6) is -5.55. The van der Waals surface area contributed by atoms with Crippen LogP contribution >= 0.6 is 0 Å². The van der Waals surface area contributed by atoms with E-state index < -0.39 is 82.3 Å². The third kappa shape index (κ3) is 4.59. The molecule has 0 aliphatic carbocycles. The van der Waals surface area contributed by atoms with E-state index in [0.717, 1.165) is 30.3 Å². The van der Waals surface area contributed by atoms with Gasteiger partial charge in [-0.1, -0.05) is 0 Å². The van der Waals surface area contributed by atoms with Gasteiger partial charge >= 0.3 is 5.97 Å². The summed E-state index contributed by atoms with van der Waals surface area (Å²) in [5, 5.41) is 86.5. The van der Waals surface area contributed by atoms with E-state index >= 15 is 0 Å². The molecule has 13 heteroatoms. The van der Waals surface area contributed by atoms with E-state index in [9.17, 15) is 50.4 Å². The van der Waals surface area contributed by atoms with Gasteiger partial charge in [0.15, 0.2) is 23.4 Å². The highest BCUT2D eigenvalue weighted by atomic mass is 16.6. The lowest BCUT2D eigenvalue weighted by Gasteiger charge is -2.24. The van der Waals surface area contributed by atoms with E-state index in [4.69, 9.17) is 14.3 Å². The number of ether oxygens (including phenoxy) is 1. The number of carbonyl (C=O) groups is 1. The standard InChI is InChI=1S/C21H20O13/c22-6-12(27)15(28)17(30)18(31)21(32)34-20-16(29)14-11(26)4-8(23)5-13(14)33-19(20)7-1-2-9(24)10(25)3-7/h1-5,12,15,17-18,22-28,30-31H,6H2/t12-,15+,17+,18-/m1/s1. The van der Waals surface area contributed by atoms with E-state index in [1.807, 2.05) is 0 Å². The molecule has 0 amide bonds. The molecule has 0 saturated carbocycles. The molecule has 0 bridgehead atoms. The largest absolute Gasteiger partial charge is 0.508 e. The molecule has 3 aromatic rings. The lowest BCUT2D eigenvalue weighted by atomic mass is 10.0. The minimum Gasteiger partial charge on any atom is -0.508 e. The number of rotatable bonds is 7. The molecule has 182 valence electrons. The van der Waals surface area contributed by atoms with Crippen molar-refractivity contribution in [2.24, 2.45) is 0 Å². The van der Waals surface area contributed by atoms with Gasteiger partial charge in [-0.15, -0.1) is 0 Å². The maximum Gasteiger partial charge on any atom is 0.343 e. The number of phenols is 4. The Hall–Kier alpha value is -3.88. The van der Waals surface area contributed by atoms with Gasteiger partial charge in [-0.05, 0) is 18.2 Å². The minimum atomic E-state index is -2.51. The number of aromatic hydroxyl groups is 4. The summed E-state index contributed by atoms with van der Waals surface area (Å²) in [5.41, 5.74) is -1.63. The highest BCUT2D eigenvalue weighted by Crippen LogP contribution is 2.38. The van der Waals surface area contributed by atoms with Crippen LogP contribution in [0.4, 0.5) is 0 Å². The Morgan fingerprint density at radius 3 is 2.21 bits per heavy atom. The van der Waals surface area contributed by atoms with Crippen LogP contribution in [0.5, 0.6) is 28.7 Å². The lowest BCUT2D eigenvalue weighted by Crippen LogP contribution is -2.49. The molecule has 0 radical (unpaired) electrons. The van der Waals surface area contributed by atoms with Crippen molar-refractivity contribution in [2.45, 2.75) is 24.4 Å². The van der Waals surface area contributed by atoms with Gasteiger partial charge in [0.25, 0.3) is 0 Å². The summed E-state index contributed by atoms with van der Waals surface area (Å²) >= 11 is 0. The van der Waals surface area contributed by atoms with Crippen molar-refractivity contribution in [2.75, 3.05) is 6.61 Å². The van der Waals surface area contributed by atoms with Gasteiger partial charge in [0, 0.05) is 17.7 Å². The molecule has 3 rings (SSSR count). The quantitative estimate of drug-likeness (QED) is 0.140. The molecule has 0 fully saturated rings. The van der Waals surface area contributed by atoms with Crippen LogP contribution in [0.15, 0.2) is 39.5 Å². The van der Waals surface area contributed by atoms with Crippen molar-refractivity contribution in [1.29, 1.82) is 0 Å². The normalized spacial score (nSPS) is 15.0. The molecule has 13 nitrogen and oxygen atoms in total. The third-order valence-corrected chi connectivity index (χ3v) is 4.85. The van der Waals surface area contributed by atoms with Gasteiger partial charge in [-0.3, -0.25) is 4.79 Å². The molecule has 0 aliphatic heterocycles. The van der Waals surface area contributed by atoms with Crippen molar-refractivity contribution in [3.63, 3.8) is 0 Å². The molecule has 1 heterocycles. The van der Waals surface area contributed by atoms with Gasteiger partial charge in [-0.25, -0.2) is 4.79 Å². The van der Waals surface area contributed by atoms with Crippen molar-refractivity contribution in [3.05, 3.63) is 40.6 Å². The fourth-order valence-corrected chi connectivity index (χ4v) is 3.04. The fourth-order valence-electron chi connectivity index (χ4n) is 3.04. The van der Waals surface area contributed by atoms with Crippen LogP contribution < -0.4 is 10.2 Å². The van der Waals surface area contributed by atoms with E-state index in [-0.39, 0.29) is 11.1 Å². The van der Waals surface area contributed by atoms with Crippen molar-refractivity contribution in [3.8, 4) is 40.1 Å². The van der Waals surface area contributed by atoms with E-state index in [0.29, 0.717) is 0 Å². The second-order valence-electron chi connectivity index (χ2n) is 7.23. The SMILES string of the molecule is O=C(Oc1c(-c2ccc(O)c(O)c2)oc2cc(O)cc(O)c2c1=O)[C@H](O)[C@@H](O)[C@@H](O)[C@H](O)CO. The monoisotopic (exact) mass is 480 g/mol. The Morgan fingerprint density at radius 2 is 1.59 bits per heavy atom. The Kier molecular flexibility index (Phi) is 6.95. The number of esters is 1. The van der Waals surface area contributed by atoms with Crippen LogP contribution in [0, 0.1) is 0 Å². The van der Waals surface area contributed by atoms with Crippen LogP contribution in [0.25, 0.3) is 22.3 Å². The second-order valence-corrected chi connectivity index (χ2v) is 7.23. The molecule has 2 aromatic carbocycles. The molecule has 0 saturated heterocycles. The molecular formula is C21H20O13. The molecule has 9 N–H and O–H groups in total. The van der Waals surface area contributed by atoms with E-state index in [1.54, 1.807) is 0 Å². The second kappa shape index (κ2) is 9.54. The Balaban J connectivity index is 2.14. The first-order valence-electron chi connectivity index (χ1n) is 9.56. The topological polar surface area (TPSA) is 239 Å². The van der Waals surface area contributed by atoms with Crippen molar-refractivity contribution < 1.29 is 59.9 Å². The van der Waals surface area contributed by atoms with Gasteiger partial charge in [0.1, 0.15) is 40.8 Å². The van der Waals surface area contributed by atoms with Gasteiger partial charge in [-0.2, -0.15) is 0 Å². The molecular weight excluding hydrogens is 460 g/mol. The number of benzene rings is 2. The maximum absolute atomic E-state index is 13.1. The molecule has 34 heavy (non-hydrogen) atoms. The Bertz CT molecular complexity index is 1280. The van der Waals surface area contributed by atoms with Crippen molar-refractivity contribution in [1.82, 2.24) is 0 Å². The molecule has 1 aromatic heterocycles. The van der Waals surface area contributed by atoms with Crippen LogP contribution in [-0.4, -0.2) is 83.0 Å². The summed E-state index contributed by atoms with van der Waals surface area (Å²) in [6, 6.07) is 4.89. The molecule has 4 atom stereocenters. The first kappa shape index (κ1) is 24.8. The summed E-state index contributed by atoms with van der Waals surface area (Å²) in [6.45, 7) is -1.01. The van der Waals surface area contributed by atoms with Crippen LogP contribution in [0.3, 0.4) is 0 Å². The van der Waals surface area contributed by atoms with Crippen LogP contribution in [0.2, 0.25) is 0 Å². The van der Waals surface area contributed by atoms with E-state index in [2.05, 4.69) is 0 Å². The zero-order valence-corrected chi connectivity index (χ0v) is 17.1. The van der Waals surface area contributed by atoms with Gasteiger partial charge in [0.05, 0.1) is 6.61 Å². The first-order chi connectivity index (χ1) is 16.0. The number of fused-ring (bicyclic) bond motifs is 1. The number of hydrogen-bond donors (Lipinski definition) is 9. The summed E-state index contributed by atoms with van der Waals surface area (Å²) in [7, 11) is 0. The van der Waals surface area contributed by atoms with Crippen LogP contribution in [-0.2, 0) is 4.79 Å². The molecule has 0 spiro atoms. The average molecular weight is 480 g/mol. The zero-order chi connectivity index (χ0) is 25.3. The number of aliphatic hydroxyl groups excluding tert-OH is 5. The number of phenolic OH excluding ortho intramolecular Hbond substituents is 4. The average Bonchev–Trinajstić information content (AvgIpc) is 2.79. The molecule has 0 aliphatic rings. The highest BCUT2D eigenvalue weighted by Gasteiger charge is 2.36. The predicted molar refractivity (Wildman–Crippen MR) is 111 cm³/mol. The highest BCUT2D eigenvalue weighted by molar-refractivity contribution is 5.90. The number of carbonyl (C=O) groups excluding carboxylic acids is 1.